The molecule has 0 spiro atoms. The van der Waals surface area contributed by atoms with E-state index in [4.69, 9.17) is 4.74 Å². The molecule has 5 nitrogen and oxygen atoms in total. The lowest BCUT2D eigenvalue weighted by atomic mass is 10.1. The largest absolute Gasteiger partial charge is 0.444 e. The summed E-state index contributed by atoms with van der Waals surface area (Å²) in [7, 11) is 1.70. The van der Waals surface area contributed by atoms with Crippen molar-refractivity contribution in [3.05, 3.63) is 0 Å². The Hall–Kier alpha value is -1.26. The second-order valence-corrected chi connectivity index (χ2v) is 5.17. The highest BCUT2D eigenvalue weighted by atomic mass is 16.6. The van der Waals surface area contributed by atoms with Gasteiger partial charge in [-0.15, -0.1) is 0 Å². The number of amides is 2. The molecule has 1 saturated heterocycles. The summed E-state index contributed by atoms with van der Waals surface area (Å²) in [6.45, 7) is 8.24. The van der Waals surface area contributed by atoms with Crippen molar-refractivity contribution < 1.29 is 14.3 Å². The van der Waals surface area contributed by atoms with Gasteiger partial charge in [-0.25, -0.2) is 4.79 Å². The Balaban J connectivity index is 2.40. The summed E-state index contributed by atoms with van der Waals surface area (Å²) in [4.78, 5) is 25.9. The molecular weight excluding hydrogens is 208 g/mol. The third-order valence-electron chi connectivity index (χ3n) is 2.54. The Morgan fingerprint density at radius 1 is 1.31 bits per heavy atom. The summed E-state index contributed by atoms with van der Waals surface area (Å²) in [5.41, 5.74) is -0.477. The van der Waals surface area contributed by atoms with E-state index in [1.165, 1.54) is 6.92 Å². The molecule has 92 valence electrons. The van der Waals surface area contributed by atoms with E-state index in [0.29, 0.717) is 13.1 Å². The van der Waals surface area contributed by atoms with Gasteiger partial charge in [-0.2, -0.15) is 0 Å². The van der Waals surface area contributed by atoms with Crippen molar-refractivity contribution in [3.8, 4) is 0 Å². The van der Waals surface area contributed by atoms with Crippen LogP contribution in [0.15, 0.2) is 0 Å². The molecule has 0 atom stereocenters. The van der Waals surface area contributed by atoms with E-state index >= 15 is 0 Å². The Morgan fingerprint density at radius 3 is 2.19 bits per heavy atom. The number of hydrogen-bond donors (Lipinski definition) is 0. The van der Waals surface area contributed by atoms with Gasteiger partial charge in [0.2, 0.25) is 5.91 Å². The summed E-state index contributed by atoms with van der Waals surface area (Å²) in [5.74, 6) is 0.0499. The van der Waals surface area contributed by atoms with Gasteiger partial charge in [-0.1, -0.05) is 0 Å². The molecule has 0 aromatic heterocycles. The molecule has 0 aromatic rings. The molecule has 0 aliphatic carbocycles. The molecule has 0 radical (unpaired) electrons. The Labute approximate surface area is 96.3 Å². The number of carbonyl (C=O) groups is 2. The van der Waals surface area contributed by atoms with Gasteiger partial charge < -0.3 is 14.5 Å². The topological polar surface area (TPSA) is 49.9 Å². The molecule has 16 heavy (non-hydrogen) atoms. The Morgan fingerprint density at radius 2 is 1.81 bits per heavy atom. The van der Waals surface area contributed by atoms with Crippen LogP contribution in [0.1, 0.15) is 27.7 Å². The van der Waals surface area contributed by atoms with Crippen LogP contribution in [0.5, 0.6) is 0 Å². The second-order valence-electron chi connectivity index (χ2n) is 5.17. The van der Waals surface area contributed by atoms with E-state index in [9.17, 15) is 9.59 Å². The molecule has 0 aromatic carbocycles. The van der Waals surface area contributed by atoms with Gasteiger partial charge in [-0.05, 0) is 20.8 Å². The molecule has 1 heterocycles. The molecule has 1 aliphatic rings. The minimum Gasteiger partial charge on any atom is -0.444 e. The lowest BCUT2D eigenvalue weighted by Gasteiger charge is -2.43. The maximum absolute atomic E-state index is 11.7. The number of carbonyl (C=O) groups excluding carboxylic acids is 2. The van der Waals surface area contributed by atoms with Crippen LogP contribution < -0.4 is 0 Å². The molecule has 5 heteroatoms. The monoisotopic (exact) mass is 228 g/mol. The Kier molecular flexibility index (Phi) is 3.45. The van der Waals surface area contributed by atoms with E-state index in [0.717, 1.165) is 0 Å². The molecule has 0 N–H and O–H groups in total. The molecule has 1 fully saturated rings. The maximum Gasteiger partial charge on any atom is 0.410 e. The third kappa shape index (κ3) is 3.12. The van der Waals surface area contributed by atoms with Crippen molar-refractivity contribution >= 4 is 12.0 Å². The summed E-state index contributed by atoms with van der Waals surface area (Å²) < 4.78 is 5.24. The Bertz CT molecular complexity index is 290. The van der Waals surface area contributed by atoms with Crippen LogP contribution in [-0.2, 0) is 9.53 Å². The fourth-order valence-corrected chi connectivity index (χ4v) is 1.44. The molecule has 0 unspecified atom stereocenters. The minimum absolute atomic E-state index is 0.0499. The fourth-order valence-electron chi connectivity index (χ4n) is 1.44. The summed E-state index contributed by atoms with van der Waals surface area (Å²) in [6.07, 6.45) is -0.333. The smallest absolute Gasteiger partial charge is 0.410 e. The first kappa shape index (κ1) is 12.8. The zero-order valence-corrected chi connectivity index (χ0v) is 10.6. The average molecular weight is 228 g/mol. The van der Waals surface area contributed by atoms with Crippen LogP contribution in [0.2, 0.25) is 0 Å². The quantitative estimate of drug-likeness (QED) is 0.675. The third-order valence-corrected chi connectivity index (χ3v) is 2.54. The second kappa shape index (κ2) is 4.31. The van der Waals surface area contributed by atoms with Crippen molar-refractivity contribution in [3.63, 3.8) is 0 Å². The van der Waals surface area contributed by atoms with Crippen LogP contribution in [0.3, 0.4) is 0 Å². The lowest BCUT2D eigenvalue weighted by molar-refractivity contribution is -0.135. The SMILES string of the molecule is CC(=O)N1CC(N(C)C(=O)OC(C)(C)C)C1. The number of rotatable bonds is 1. The van der Waals surface area contributed by atoms with Gasteiger partial charge in [0.15, 0.2) is 0 Å². The van der Waals surface area contributed by atoms with E-state index in [1.54, 1.807) is 16.8 Å². The van der Waals surface area contributed by atoms with Gasteiger partial charge in [0, 0.05) is 27.1 Å². The van der Waals surface area contributed by atoms with Crippen LogP contribution in [0.4, 0.5) is 4.79 Å². The summed E-state index contributed by atoms with van der Waals surface area (Å²) in [6, 6.07) is 0.0822. The lowest BCUT2D eigenvalue weighted by Crippen LogP contribution is -2.61. The first-order chi connectivity index (χ1) is 7.20. The van der Waals surface area contributed by atoms with Crippen LogP contribution in [0.25, 0.3) is 0 Å². The van der Waals surface area contributed by atoms with Gasteiger partial charge >= 0.3 is 6.09 Å². The first-order valence-electron chi connectivity index (χ1n) is 5.42. The van der Waals surface area contributed by atoms with Crippen LogP contribution >= 0.6 is 0 Å². The summed E-state index contributed by atoms with van der Waals surface area (Å²) >= 11 is 0. The molecule has 1 aliphatic heterocycles. The van der Waals surface area contributed by atoms with E-state index in [2.05, 4.69) is 0 Å². The number of nitrogens with zero attached hydrogens (tertiary/aromatic N) is 2. The van der Waals surface area contributed by atoms with E-state index in [-0.39, 0.29) is 18.0 Å². The van der Waals surface area contributed by atoms with E-state index < -0.39 is 5.60 Å². The molecule has 1 rings (SSSR count). The van der Waals surface area contributed by atoms with Crippen molar-refractivity contribution in [1.29, 1.82) is 0 Å². The number of ether oxygens (including phenoxy) is 1. The molecule has 0 bridgehead atoms. The zero-order valence-electron chi connectivity index (χ0n) is 10.6. The summed E-state index contributed by atoms with van der Waals surface area (Å²) in [5, 5.41) is 0. The predicted molar refractivity (Wildman–Crippen MR) is 60.0 cm³/mol. The highest BCUT2D eigenvalue weighted by Gasteiger charge is 2.35. The van der Waals surface area contributed by atoms with Crippen LogP contribution in [0, 0.1) is 0 Å². The predicted octanol–water partition coefficient (Wildman–Crippen LogP) is 1.08. The van der Waals surface area contributed by atoms with Gasteiger partial charge in [0.05, 0.1) is 6.04 Å². The van der Waals surface area contributed by atoms with Crippen LogP contribution in [-0.4, -0.2) is 53.6 Å². The fraction of sp³-hybridized carbons (Fsp3) is 0.818. The molecule has 2 amide bonds. The number of likely N-dealkylation sites (tertiary alicyclic amines) is 1. The minimum atomic E-state index is -0.477. The van der Waals surface area contributed by atoms with Gasteiger partial charge in [-0.3, -0.25) is 4.79 Å². The van der Waals surface area contributed by atoms with Crippen molar-refractivity contribution in [2.24, 2.45) is 0 Å². The highest BCUT2D eigenvalue weighted by molar-refractivity contribution is 5.75. The highest BCUT2D eigenvalue weighted by Crippen LogP contribution is 2.16. The zero-order chi connectivity index (χ0) is 12.5. The van der Waals surface area contributed by atoms with E-state index in [1.807, 2.05) is 20.8 Å². The van der Waals surface area contributed by atoms with Gasteiger partial charge in [0.1, 0.15) is 5.60 Å². The van der Waals surface area contributed by atoms with Crippen molar-refractivity contribution in [2.75, 3.05) is 20.1 Å². The average Bonchev–Trinajstić information content (AvgIpc) is 1.96. The number of hydrogen-bond acceptors (Lipinski definition) is 3. The standard InChI is InChI=1S/C11H20N2O3/c1-8(14)13-6-9(7-13)12(5)10(15)16-11(2,3)4/h9H,6-7H2,1-5H3. The van der Waals surface area contributed by atoms with Crippen molar-refractivity contribution in [1.82, 2.24) is 9.80 Å². The molecular formula is C11H20N2O3. The number of likely N-dealkylation sites (N-methyl/N-ethyl adjacent to an activating group) is 1. The van der Waals surface area contributed by atoms with Crippen molar-refractivity contribution in [2.45, 2.75) is 39.3 Å². The molecule has 0 saturated carbocycles. The first-order valence-corrected chi connectivity index (χ1v) is 5.42. The maximum atomic E-state index is 11.7. The van der Waals surface area contributed by atoms with Gasteiger partial charge in [0.25, 0.3) is 0 Å². The normalized spacial score (nSPS) is 16.7.